The van der Waals surface area contributed by atoms with Crippen molar-refractivity contribution in [1.29, 1.82) is 0 Å². The van der Waals surface area contributed by atoms with Gasteiger partial charge in [0.2, 0.25) is 11.8 Å². The van der Waals surface area contributed by atoms with Crippen LogP contribution in [0.1, 0.15) is 12.0 Å². The summed E-state index contributed by atoms with van der Waals surface area (Å²) in [6.45, 7) is 0.0523. The average molecular weight is 395 g/mol. The highest BCUT2D eigenvalue weighted by Crippen LogP contribution is 2.29. The number of nitrogens with zero attached hydrogens (tertiary/aromatic N) is 1. The van der Waals surface area contributed by atoms with Crippen molar-refractivity contribution >= 4 is 23.7 Å². The normalized spacial score (nSPS) is 10.1. The maximum Gasteiger partial charge on any atom is 0.249 e. The van der Waals surface area contributed by atoms with Crippen LogP contribution in [-0.2, 0) is 9.59 Å². The van der Waals surface area contributed by atoms with Crippen LogP contribution in [0.2, 0.25) is 0 Å². The summed E-state index contributed by atoms with van der Waals surface area (Å²) in [5.41, 5.74) is 3.33. The molecule has 0 heterocycles. The summed E-state index contributed by atoms with van der Waals surface area (Å²) in [5, 5.41) is 6.48. The lowest BCUT2D eigenvalue weighted by Gasteiger charge is -2.11. The van der Waals surface area contributed by atoms with E-state index in [1.54, 1.807) is 42.5 Å². The average Bonchev–Trinajstić information content (AvgIpc) is 2.72. The third kappa shape index (κ3) is 6.29. The minimum Gasteiger partial charge on any atom is -0.495 e. The second kappa shape index (κ2) is 11.0. The SMILES string of the molecule is C#CCOc1c(C=NNC(=O)CC(=O)Nc2ccccc2OC)cccc1OC. The number of ether oxygens (including phenoxy) is 3. The number of hydrogen-bond acceptors (Lipinski definition) is 6. The van der Waals surface area contributed by atoms with E-state index in [0.29, 0.717) is 28.5 Å². The molecule has 8 heteroatoms. The third-order valence-corrected chi connectivity index (χ3v) is 3.62. The summed E-state index contributed by atoms with van der Waals surface area (Å²) >= 11 is 0. The van der Waals surface area contributed by atoms with E-state index in [2.05, 4.69) is 21.8 Å². The van der Waals surface area contributed by atoms with Crippen LogP contribution < -0.4 is 25.0 Å². The first kappa shape index (κ1) is 21.3. The van der Waals surface area contributed by atoms with E-state index in [1.807, 2.05) is 0 Å². The molecule has 2 aromatic carbocycles. The van der Waals surface area contributed by atoms with Gasteiger partial charge in [0.05, 0.1) is 26.1 Å². The summed E-state index contributed by atoms with van der Waals surface area (Å²) < 4.78 is 15.9. The first-order chi connectivity index (χ1) is 14.1. The topological polar surface area (TPSA) is 98.2 Å². The number of hydrogen-bond donors (Lipinski definition) is 2. The lowest BCUT2D eigenvalue weighted by Crippen LogP contribution is -2.24. The Bertz CT molecular complexity index is 934. The zero-order valence-electron chi connectivity index (χ0n) is 16.1. The molecule has 2 aromatic rings. The van der Waals surface area contributed by atoms with Gasteiger partial charge in [-0.05, 0) is 24.3 Å². The van der Waals surface area contributed by atoms with E-state index in [-0.39, 0.29) is 6.61 Å². The standard InChI is InChI=1S/C21H21N3O5/c1-4-12-29-21-15(8-7-11-18(21)28-3)14-22-24-20(26)13-19(25)23-16-9-5-6-10-17(16)27-2/h1,5-11,14H,12-13H2,2-3H3,(H,23,25)(H,24,26). The number of para-hydroxylation sites is 3. The van der Waals surface area contributed by atoms with E-state index < -0.39 is 18.2 Å². The van der Waals surface area contributed by atoms with Crippen LogP contribution in [-0.4, -0.2) is 38.9 Å². The number of anilines is 1. The van der Waals surface area contributed by atoms with Gasteiger partial charge in [0.25, 0.3) is 0 Å². The highest BCUT2D eigenvalue weighted by molar-refractivity contribution is 6.04. The zero-order valence-corrected chi connectivity index (χ0v) is 16.1. The minimum atomic E-state index is -0.581. The molecule has 0 aliphatic heterocycles. The van der Waals surface area contributed by atoms with Gasteiger partial charge in [-0.2, -0.15) is 5.10 Å². The summed E-state index contributed by atoms with van der Waals surface area (Å²) in [4.78, 5) is 24.0. The molecule has 0 aliphatic carbocycles. The molecule has 0 atom stereocenters. The Labute approximate surface area is 168 Å². The van der Waals surface area contributed by atoms with E-state index in [9.17, 15) is 9.59 Å². The Morgan fingerprint density at radius 3 is 2.52 bits per heavy atom. The van der Waals surface area contributed by atoms with Crippen molar-refractivity contribution in [1.82, 2.24) is 5.43 Å². The molecule has 8 nitrogen and oxygen atoms in total. The second-order valence-corrected chi connectivity index (χ2v) is 5.59. The lowest BCUT2D eigenvalue weighted by atomic mass is 10.2. The molecule has 150 valence electrons. The molecular weight excluding hydrogens is 374 g/mol. The second-order valence-electron chi connectivity index (χ2n) is 5.59. The van der Waals surface area contributed by atoms with Gasteiger partial charge in [0.15, 0.2) is 11.5 Å². The molecule has 2 N–H and O–H groups in total. The zero-order chi connectivity index (χ0) is 21.1. The number of benzene rings is 2. The van der Waals surface area contributed by atoms with Gasteiger partial charge in [0.1, 0.15) is 18.8 Å². The molecule has 0 fully saturated rings. The number of rotatable bonds is 9. The van der Waals surface area contributed by atoms with Crippen molar-refractivity contribution in [3.05, 3.63) is 48.0 Å². The quantitative estimate of drug-likeness (QED) is 0.294. The van der Waals surface area contributed by atoms with Crippen molar-refractivity contribution < 1.29 is 23.8 Å². The molecule has 0 aromatic heterocycles. The molecule has 0 spiro atoms. The van der Waals surface area contributed by atoms with E-state index >= 15 is 0 Å². The van der Waals surface area contributed by atoms with Crippen LogP contribution in [0.25, 0.3) is 0 Å². The number of terminal acetylenes is 1. The summed E-state index contributed by atoms with van der Waals surface area (Å²) in [5.74, 6) is 2.67. The predicted molar refractivity (Wildman–Crippen MR) is 109 cm³/mol. The number of carbonyl (C=O) groups excluding carboxylic acids is 2. The van der Waals surface area contributed by atoms with Gasteiger partial charge in [0, 0.05) is 5.56 Å². The molecule has 2 amide bonds. The van der Waals surface area contributed by atoms with E-state index in [4.69, 9.17) is 20.6 Å². The molecule has 0 saturated carbocycles. The fourth-order valence-electron chi connectivity index (χ4n) is 2.36. The van der Waals surface area contributed by atoms with Crippen molar-refractivity contribution in [2.75, 3.05) is 26.1 Å². The van der Waals surface area contributed by atoms with Crippen molar-refractivity contribution in [2.24, 2.45) is 5.10 Å². The van der Waals surface area contributed by atoms with Gasteiger partial charge < -0.3 is 19.5 Å². The van der Waals surface area contributed by atoms with Crippen LogP contribution in [0.15, 0.2) is 47.6 Å². The number of carbonyl (C=O) groups is 2. The minimum absolute atomic E-state index is 0.0523. The van der Waals surface area contributed by atoms with Crippen LogP contribution in [0.5, 0.6) is 17.2 Å². The Balaban J connectivity index is 1.96. The molecule has 0 unspecified atom stereocenters. The Hall–Kier alpha value is -3.99. The number of amides is 2. The highest BCUT2D eigenvalue weighted by Gasteiger charge is 2.12. The molecule has 0 saturated heterocycles. The molecule has 0 aliphatic rings. The van der Waals surface area contributed by atoms with Gasteiger partial charge in [-0.3, -0.25) is 9.59 Å². The number of methoxy groups -OCH3 is 2. The van der Waals surface area contributed by atoms with Gasteiger partial charge >= 0.3 is 0 Å². The molecule has 29 heavy (non-hydrogen) atoms. The van der Waals surface area contributed by atoms with Crippen LogP contribution in [0.3, 0.4) is 0 Å². The fourth-order valence-corrected chi connectivity index (χ4v) is 2.36. The lowest BCUT2D eigenvalue weighted by molar-refractivity contribution is -0.126. The largest absolute Gasteiger partial charge is 0.495 e. The molecule has 0 radical (unpaired) electrons. The van der Waals surface area contributed by atoms with Crippen LogP contribution >= 0.6 is 0 Å². The number of nitrogens with one attached hydrogen (secondary N) is 2. The Kier molecular flexibility index (Phi) is 8.08. The van der Waals surface area contributed by atoms with E-state index in [0.717, 1.165) is 0 Å². The van der Waals surface area contributed by atoms with Gasteiger partial charge in [-0.25, -0.2) is 5.43 Å². The highest BCUT2D eigenvalue weighted by atomic mass is 16.5. The van der Waals surface area contributed by atoms with Gasteiger partial charge in [-0.15, -0.1) is 6.42 Å². The third-order valence-electron chi connectivity index (χ3n) is 3.62. The fraction of sp³-hybridized carbons (Fsp3) is 0.190. The van der Waals surface area contributed by atoms with Crippen molar-refractivity contribution in [3.63, 3.8) is 0 Å². The van der Waals surface area contributed by atoms with Gasteiger partial charge in [-0.1, -0.05) is 24.1 Å². The predicted octanol–water partition coefficient (Wildman–Crippen LogP) is 2.19. The van der Waals surface area contributed by atoms with Crippen LogP contribution in [0.4, 0.5) is 5.69 Å². The maximum absolute atomic E-state index is 12.0. The van der Waals surface area contributed by atoms with E-state index in [1.165, 1.54) is 20.4 Å². The molecule has 0 bridgehead atoms. The smallest absolute Gasteiger partial charge is 0.249 e. The summed E-state index contributed by atoms with van der Waals surface area (Å²) in [6.07, 6.45) is 6.20. The number of hydrazone groups is 1. The Morgan fingerprint density at radius 1 is 1.07 bits per heavy atom. The first-order valence-electron chi connectivity index (χ1n) is 8.57. The molecule has 2 rings (SSSR count). The van der Waals surface area contributed by atoms with Crippen molar-refractivity contribution in [3.8, 4) is 29.6 Å². The monoisotopic (exact) mass is 395 g/mol. The first-order valence-corrected chi connectivity index (χ1v) is 8.57. The maximum atomic E-state index is 12.0. The van der Waals surface area contributed by atoms with Crippen LogP contribution in [0, 0.1) is 12.3 Å². The molecular formula is C21H21N3O5. The Morgan fingerprint density at radius 2 is 1.79 bits per heavy atom. The summed E-state index contributed by atoms with van der Waals surface area (Å²) in [7, 11) is 2.99. The van der Waals surface area contributed by atoms with Crippen molar-refractivity contribution in [2.45, 2.75) is 6.42 Å². The summed E-state index contributed by atoms with van der Waals surface area (Å²) in [6, 6.07) is 12.1.